The average molecular weight is 287 g/mol. The summed E-state index contributed by atoms with van der Waals surface area (Å²) in [7, 11) is 0. The van der Waals surface area contributed by atoms with Gasteiger partial charge in [0, 0.05) is 17.2 Å². The number of hydrogen-bond acceptors (Lipinski definition) is 5. The lowest BCUT2D eigenvalue weighted by molar-refractivity contribution is 0.00323. The summed E-state index contributed by atoms with van der Waals surface area (Å²) in [6, 6.07) is 1.94. The van der Waals surface area contributed by atoms with Crippen LogP contribution in [-0.2, 0) is 12.2 Å². The Balaban J connectivity index is 1.99. The molecule has 1 amide bonds. The number of aryl methyl sites for hydroxylation is 1. The molecule has 2 heterocycles. The van der Waals surface area contributed by atoms with Crippen LogP contribution in [0.1, 0.15) is 27.0 Å². The van der Waals surface area contributed by atoms with Crippen LogP contribution in [0, 0.1) is 0 Å². The molecule has 0 fully saturated rings. The monoisotopic (exact) mass is 287 g/mol. The van der Waals surface area contributed by atoms with Crippen LogP contribution in [0.5, 0.6) is 0 Å². The summed E-state index contributed by atoms with van der Waals surface area (Å²) >= 11 is 3.42. The Labute approximate surface area is 114 Å². The first-order chi connectivity index (χ1) is 8.52. The summed E-state index contributed by atoms with van der Waals surface area (Å²) in [5.74, 6) is 1.93. The number of carbonyl (C=O) groups excluding carboxylic acids is 1. The molecule has 0 aromatic carbocycles. The van der Waals surface area contributed by atoms with Crippen molar-refractivity contribution in [2.75, 3.05) is 18.9 Å². The van der Waals surface area contributed by atoms with E-state index < -0.39 is 5.60 Å². The van der Waals surface area contributed by atoms with E-state index in [1.165, 1.54) is 28.7 Å². The van der Waals surface area contributed by atoms with Crippen molar-refractivity contribution < 1.29 is 15.0 Å². The lowest BCUT2D eigenvalue weighted by Crippen LogP contribution is -2.43. The molecule has 1 atom stereocenters. The van der Waals surface area contributed by atoms with E-state index in [4.69, 9.17) is 5.11 Å². The molecule has 1 aliphatic heterocycles. The third-order valence-electron chi connectivity index (χ3n) is 2.82. The SMILES string of the molecule is CC(O)(CO)CNC(=O)c1cc2c(s1)CCSC2. The maximum Gasteiger partial charge on any atom is 0.261 e. The number of carbonyl (C=O) groups is 1. The summed E-state index contributed by atoms with van der Waals surface area (Å²) in [6.07, 6.45) is 1.03. The first kappa shape index (κ1) is 13.9. The summed E-state index contributed by atoms with van der Waals surface area (Å²) in [5.41, 5.74) is -0.00197. The number of nitrogens with one attached hydrogen (secondary N) is 1. The number of thioether (sulfide) groups is 1. The molecule has 1 aromatic heterocycles. The molecule has 1 aliphatic rings. The average Bonchev–Trinajstić information content (AvgIpc) is 2.80. The summed E-state index contributed by atoms with van der Waals surface area (Å²) in [5, 5.41) is 21.2. The molecule has 100 valence electrons. The predicted octanol–water partition coefficient (Wildman–Crippen LogP) is 1.01. The fourth-order valence-corrected chi connectivity index (χ4v) is 3.96. The number of aliphatic hydroxyl groups is 2. The first-order valence-corrected chi connectivity index (χ1v) is 7.80. The van der Waals surface area contributed by atoms with Gasteiger partial charge >= 0.3 is 0 Å². The van der Waals surface area contributed by atoms with Crippen molar-refractivity contribution in [3.8, 4) is 0 Å². The highest BCUT2D eigenvalue weighted by atomic mass is 32.2. The molecule has 4 nitrogen and oxygen atoms in total. The van der Waals surface area contributed by atoms with E-state index in [-0.39, 0.29) is 19.1 Å². The summed E-state index contributed by atoms with van der Waals surface area (Å²) < 4.78 is 0. The van der Waals surface area contributed by atoms with Crippen molar-refractivity contribution in [1.29, 1.82) is 0 Å². The minimum atomic E-state index is -1.26. The van der Waals surface area contributed by atoms with Gasteiger partial charge < -0.3 is 15.5 Å². The fraction of sp³-hybridized carbons (Fsp3) is 0.583. The van der Waals surface area contributed by atoms with Crippen LogP contribution >= 0.6 is 23.1 Å². The Hall–Kier alpha value is -0.560. The lowest BCUT2D eigenvalue weighted by atomic mass is 10.1. The number of hydrogen-bond donors (Lipinski definition) is 3. The molecule has 1 unspecified atom stereocenters. The van der Waals surface area contributed by atoms with Crippen LogP contribution in [-0.4, -0.2) is 40.6 Å². The van der Waals surface area contributed by atoms with Gasteiger partial charge in [0.15, 0.2) is 0 Å². The maximum atomic E-state index is 11.9. The molecule has 0 saturated carbocycles. The first-order valence-electron chi connectivity index (χ1n) is 5.82. The molecule has 0 saturated heterocycles. The molecule has 3 N–H and O–H groups in total. The van der Waals surface area contributed by atoms with Crippen molar-refractivity contribution in [2.45, 2.75) is 24.7 Å². The molecule has 2 rings (SSSR count). The van der Waals surface area contributed by atoms with E-state index in [9.17, 15) is 9.90 Å². The van der Waals surface area contributed by atoms with E-state index in [2.05, 4.69) is 5.32 Å². The van der Waals surface area contributed by atoms with Gasteiger partial charge in [0.05, 0.1) is 11.5 Å². The van der Waals surface area contributed by atoms with E-state index in [0.717, 1.165) is 17.9 Å². The Kier molecular flexibility index (Phi) is 4.32. The fourth-order valence-electron chi connectivity index (χ4n) is 1.67. The Morgan fingerprint density at radius 2 is 2.39 bits per heavy atom. The van der Waals surface area contributed by atoms with Crippen molar-refractivity contribution in [2.24, 2.45) is 0 Å². The van der Waals surface area contributed by atoms with Crippen molar-refractivity contribution in [1.82, 2.24) is 5.32 Å². The van der Waals surface area contributed by atoms with Gasteiger partial charge in [0.1, 0.15) is 5.60 Å². The number of thiophene rings is 1. The van der Waals surface area contributed by atoms with Crippen LogP contribution < -0.4 is 5.32 Å². The van der Waals surface area contributed by atoms with Gasteiger partial charge in [0.2, 0.25) is 0 Å². The van der Waals surface area contributed by atoms with Crippen molar-refractivity contribution in [3.63, 3.8) is 0 Å². The summed E-state index contributed by atoms with van der Waals surface area (Å²) in [6.45, 7) is 1.17. The second kappa shape index (κ2) is 5.61. The molecule has 0 spiro atoms. The lowest BCUT2D eigenvalue weighted by Gasteiger charge is -2.20. The van der Waals surface area contributed by atoms with Gasteiger partial charge in [-0.3, -0.25) is 4.79 Å². The van der Waals surface area contributed by atoms with Gasteiger partial charge in [-0.05, 0) is 30.7 Å². The normalized spacial score (nSPS) is 17.9. The highest BCUT2D eigenvalue weighted by Crippen LogP contribution is 2.31. The minimum absolute atomic E-state index is 0.0552. The van der Waals surface area contributed by atoms with E-state index in [0.29, 0.717) is 4.88 Å². The van der Waals surface area contributed by atoms with Crippen molar-refractivity contribution >= 4 is 29.0 Å². The van der Waals surface area contributed by atoms with Gasteiger partial charge in [0.25, 0.3) is 5.91 Å². The Morgan fingerprint density at radius 1 is 1.61 bits per heavy atom. The molecule has 1 aromatic rings. The molecule has 18 heavy (non-hydrogen) atoms. The quantitative estimate of drug-likeness (QED) is 0.773. The smallest absolute Gasteiger partial charge is 0.261 e. The van der Waals surface area contributed by atoms with Crippen molar-refractivity contribution in [3.05, 3.63) is 21.4 Å². The van der Waals surface area contributed by atoms with Crippen LogP contribution in [0.15, 0.2) is 6.07 Å². The number of rotatable bonds is 4. The van der Waals surface area contributed by atoms with Gasteiger partial charge in [-0.15, -0.1) is 11.3 Å². The number of amides is 1. The number of aliphatic hydroxyl groups excluding tert-OH is 1. The van der Waals surface area contributed by atoms with Crippen LogP contribution in [0.4, 0.5) is 0 Å². The van der Waals surface area contributed by atoms with Crippen LogP contribution in [0.2, 0.25) is 0 Å². The molecule has 0 aliphatic carbocycles. The van der Waals surface area contributed by atoms with Crippen LogP contribution in [0.25, 0.3) is 0 Å². The van der Waals surface area contributed by atoms with E-state index in [1.54, 1.807) is 0 Å². The number of fused-ring (bicyclic) bond motifs is 1. The molecular weight excluding hydrogens is 270 g/mol. The summed E-state index contributed by atoms with van der Waals surface area (Å²) in [4.78, 5) is 13.9. The Morgan fingerprint density at radius 3 is 3.06 bits per heavy atom. The standard InChI is InChI=1S/C12H17NO3S2/c1-12(16,7-14)6-13-11(15)10-4-8-5-17-3-2-9(8)18-10/h4,14,16H,2-3,5-7H2,1H3,(H,13,15). The van der Waals surface area contributed by atoms with Gasteiger partial charge in [-0.25, -0.2) is 0 Å². The second-order valence-electron chi connectivity index (χ2n) is 4.70. The maximum absolute atomic E-state index is 11.9. The second-order valence-corrected chi connectivity index (χ2v) is 6.94. The Bertz CT molecular complexity index is 419. The van der Waals surface area contributed by atoms with E-state index >= 15 is 0 Å². The van der Waals surface area contributed by atoms with Gasteiger partial charge in [-0.2, -0.15) is 11.8 Å². The molecule has 0 radical (unpaired) electrons. The molecule has 0 bridgehead atoms. The predicted molar refractivity (Wildman–Crippen MR) is 74.2 cm³/mol. The van der Waals surface area contributed by atoms with Crippen LogP contribution in [0.3, 0.4) is 0 Å². The van der Waals surface area contributed by atoms with E-state index in [1.807, 2.05) is 17.8 Å². The topological polar surface area (TPSA) is 69.6 Å². The zero-order valence-corrected chi connectivity index (χ0v) is 11.9. The zero-order valence-electron chi connectivity index (χ0n) is 10.2. The zero-order chi connectivity index (χ0) is 13.2. The highest BCUT2D eigenvalue weighted by Gasteiger charge is 2.22. The third-order valence-corrected chi connectivity index (χ3v) is 5.07. The minimum Gasteiger partial charge on any atom is -0.393 e. The molecular formula is C12H17NO3S2. The van der Waals surface area contributed by atoms with Gasteiger partial charge in [-0.1, -0.05) is 0 Å². The third kappa shape index (κ3) is 3.26. The largest absolute Gasteiger partial charge is 0.393 e. The molecule has 6 heteroatoms. The highest BCUT2D eigenvalue weighted by molar-refractivity contribution is 7.98.